The van der Waals surface area contributed by atoms with Crippen LogP contribution in [0, 0.1) is 0 Å². The molecule has 0 heterocycles. The largest absolute Gasteiger partial charge is 0.370 e. The fraction of sp³-hybridized carbons (Fsp3) is 0.800. The minimum Gasteiger partial charge on any atom is -0.370 e. The van der Waals surface area contributed by atoms with Crippen molar-refractivity contribution in [2.75, 3.05) is 13.6 Å². The van der Waals surface area contributed by atoms with Crippen LogP contribution in [0.4, 0.5) is 0 Å². The third kappa shape index (κ3) is 56.1. The molecule has 0 unspecified atom stereocenters. The zero-order valence-corrected chi connectivity index (χ0v) is 30.2. The Kier molecular flexibility index (Phi) is 51.2. The fourth-order valence-corrected chi connectivity index (χ4v) is 4.72. The molecule has 0 saturated heterocycles. The number of nitrogens with two attached hydrogens (primary N) is 1. The molecule has 44 heavy (non-hydrogen) atoms. The van der Waals surface area contributed by atoms with Crippen molar-refractivity contribution in [3.05, 3.63) is 36.5 Å². The van der Waals surface area contributed by atoms with Gasteiger partial charge in [-0.2, -0.15) is 0 Å². The van der Waals surface area contributed by atoms with E-state index in [-0.39, 0.29) is 5.91 Å². The standard InChI is InChI=1S/C18H31NO.C16H32O.C6H15N/c1-2-3-4-5-6-7-8-9-10-11-12-13-14-15-16-17-18(19)20;1-2-3-4-5-6-7-8-9-10-11-12-13-14-15-16-17;1-3-4-5-6-7-2/h3-4,6-7,9-10H,2,5,8,11-17H2,1H3,(H2,19,20);16H,2-15H2,1H3;7H,3-6H2,1-2H3/b4-3-,7-6-,10-9-;;. The van der Waals surface area contributed by atoms with Crippen molar-refractivity contribution in [2.45, 2.75) is 194 Å². The van der Waals surface area contributed by atoms with Gasteiger partial charge in [-0.05, 0) is 65.0 Å². The van der Waals surface area contributed by atoms with Gasteiger partial charge in [0.2, 0.25) is 5.91 Å². The fourth-order valence-electron chi connectivity index (χ4n) is 4.72. The zero-order valence-electron chi connectivity index (χ0n) is 30.2. The lowest BCUT2D eigenvalue weighted by atomic mass is 10.0. The number of rotatable bonds is 31. The number of carbonyl (C=O) groups excluding carboxylic acids is 2. The van der Waals surface area contributed by atoms with E-state index < -0.39 is 0 Å². The molecule has 0 aromatic rings. The smallest absolute Gasteiger partial charge is 0.217 e. The number of amides is 1. The molecular formula is C40H78N2O2. The number of unbranched alkanes of at least 4 members (excludes halogenated alkanes) is 20. The monoisotopic (exact) mass is 619 g/mol. The van der Waals surface area contributed by atoms with Crippen LogP contribution in [-0.2, 0) is 9.59 Å². The molecule has 0 aliphatic rings. The summed E-state index contributed by atoms with van der Waals surface area (Å²) in [6, 6.07) is 0. The van der Waals surface area contributed by atoms with Crippen molar-refractivity contribution >= 4 is 12.2 Å². The first-order valence-electron chi connectivity index (χ1n) is 18.9. The molecule has 0 atom stereocenters. The number of primary amides is 1. The molecule has 0 radical (unpaired) electrons. The first kappa shape index (κ1) is 46.7. The Bertz CT molecular complexity index is 608. The van der Waals surface area contributed by atoms with Crippen LogP contribution in [0.1, 0.15) is 194 Å². The number of carbonyl (C=O) groups is 2. The van der Waals surface area contributed by atoms with E-state index in [0.29, 0.717) is 6.42 Å². The maximum Gasteiger partial charge on any atom is 0.217 e. The normalized spacial score (nSPS) is 11.1. The van der Waals surface area contributed by atoms with E-state index in [0.717, 1.165) is 51.2 Å². The highest BCUT2D eigenvalue weighted by Crippen LogP contribution is 2.12. The van der Waals surface area contributed by atoms with Gasteiger partial charge in [-0.3, -0.25) is 4.79 Å². The van der Waals surface area contributed by atoms with Crippen LogP contribution >= 0.6 is 0 Å². The Morgan fingerprint density at radius 2 is 0.932 bits per heavy atom. The zero-order chi connectivity index (χ0) is 33.0. The molecule has 260 valence electrons. The molecule has 4 nitrogen and oxygen atoms in total. The van der Waals surface area contributed by atoms with E-state index in [2.05, 4.69) is 62.5 Å². The van der Waals surface area contributed by atoms with Gasteiger partial charge in [-0.25, -0.2) is 0 Å². The van der Waals surface area contributed by atoms with Gasteiger partial charge in [0.15, 0.2) is 0 Å². The number of hydrogen-bond donors (Lipinski definition) is 2. The van der Waals surface area contributed by atoms with Crippen LogP contribution in [0.25, 0.3) is 0 Å². The van der Waals surface area contributed by atoms with Gasteiger partial charge in [0.25, 0.3) is 0 Å². The Hall–Kier alpha value is -1.68. The van der Waals surface area contributed by atoms with Gasteiger partial charge in [-0.1, -0.05) is 166 Å². The van der Waals surface area contributed by atoms with Gasteiger partial charge in [0.05, 0.1) is 0 Å². The van der Waals surface area contributed by atoms with E-state index >= 15 is 0 Å². The molecule has 0 rings (SSSR count). The van der Waals surface area contributed by atoms with Crippen LogP contribution < -0.4 is 11.1 Å². The summed E-state index contributed by atoms with van der Waals surface area (Å²) < 4.78 is 0. The molecule has 1 amide bonds. The first-order valence-corrected chi connectivity index (χ1v) is 18.9. The maximum absolute atomic E-state index is 10.5. The third-order valence-corrected chi connectivity index (χ3v) is 7.53. The summed E-state index contributed by atoms with van der Waals surface area (Å²) in [4.78, 5) is 20.6. The van der Waals surface area contributed by atoms with Gasteiger partial charge >= 0.3 is 0 Å². The highest BCUT2D eigenvalue weighted by atomic mass is 16.1. The topological polar surface area (TPSA) is 72.2 Å². The van der Waals surface area contributed by atoms with E-state index in [1.807, 2.05) is 7.05 Å². The summed E-state index contributed by atoms with van der Waals surface area (Å²) in [7, 11) is 2.00. The van der Waals surface area contributed by atoms with Gasteiger partial charge in [-0.15, -0.1) is 0 Å². The third-order valence-electron chi connectivity index (χ3n) is 7.53. The van der Waals surface area contributed by atoms with E-state index in [1.54, 1.807) is 0 Å². The Morgan fingerprint density at radius 3 is 1.39 bits per heavy atom. The molecule has 0 aromatic heterocycles. The van der Waals surface area contributed by atoms with Crippen molar-refractivity contribution < 1.29 is 9.59 Å². The van der Waals surface area contributed by atoms with Crippen LogP contribution in [-0.4, -0.2) is 25.8 Å². The molecule has 4 heteroatoms. The molecule has 0 spiro atoms. The second-order valence-corrected chi connectivity index (χ2v) is 12.1. The quantitative estimate of drug-likeness (QED) is 0.0461. The average molecular weight is 619 g/mol. The summed E-state index contributed by atoms with van der Waals surface area (Å²) in [6.45, 7) is 7.82. The highest BCUT2D eigenvalue weighted by Gasteiger charge is 1.95. The van der Waals surface area contributed by atoms with Gasteiger partial charge in [0, 0.05) is 12.8 Å². The van der Waals surface area contributed by atoms with Crippen LogP contribution in [0.5, 0.6) is 0 Å². The summed E-state index contributed by atoms with van der Waals surface area (Å²) >= 11 is 0. The summed E-state index contributed by atoms with van der Waals surface area (Å²) in [5.41, 5.74) is 5.09. The average Bonchev–Trinajstić information content (AvgIpc) is 3.02. The van der Waals surface area contributed by atoms with Crippen molar-refractivity contribution in [3.8, 4) is 0 Å². The van der Waals surface area contributed by atoms with Crippen LogP contribution in [0.3, 0.4) is 0 Å². The van der Waals surface area contributed by atoms with E-state index in [1.165, 1.54) is 129 Å². The minimum atomic E-state index is -0.175. The lowest BCUT2D eigenvalue weighted by Crippen LogP contribution is -2.09. The SMILES string of the molecule is CC/C=C\C/C=C\C/C=C\CCCCCCCC(N)=O.CCCCCCCCCCCCCCCC=O.CCCCCNC. The number of aldehydes is 1. The molecule has 0 aliphatic carbocycles. The van der Waals surface area contributed by atoms with E-state index in [9.17, 15) is 9.59 Å². The maximum atomic E-state index is 10.5. The number of hydrogen-bond acceptors (Lipinski definition) is 3. The summed E-state index contributed by atoms with van der Waals surface area (Å²) in [5, 5.41) is 3.10. The molecule has 0 aliphatic heterocycles. The second-order valence-electron chi connectivity index (χ2n) is 12.1. The van der Waals surface area contributed by atoms with Crippen LogP contribution in [0.2, 0.25) is 0 Å². The van der Waals surface area contributed by atoms with Crippen molar-refractivity contribution in [2.24, 2.45) is 5.73 Å². The molecule has 0 bridgehead atoms. The van der Waals surface area contributed by atoms with Crippen molar-refractivity contribution in [3.63, 3.8) is 0 Å². The lowest BCUT2D eigenvalue weighted by molar-refractivity contribution is -0.118. The van der Waals surface area contributed by atoms with Gasteiger partial charge < -0.3 is 15.8 Å². The van der Waals surface area contributed by atoms with Crippen molar-refractivity contribution in [1.82, 2.24) is 5.32 Å². The number of nitrogens with one attached hydrogen (secondary N) is 1. The molecule has 3 N–H and O–H groups in total. The highest BCUT2D eigenvalue weighted by molar-refractivity contribution is 5.73. The summed E-state index contributed by atoms with van der Waals surface area (Å²) in [5.74, 6) is -0.175. The summed E-state index contributed by atoms with van der Waals surface area (Å²) in [6.07, 6.45) is 47.7. The second kappa shape index (κ2) is 48.2. The lowest BCUT2D eigenvalue weighted by Gasteiger charge is -2.02. The minimum absolute atomic E-state index is 0.175. The number of allylic oxidation sites excluding steroid dienone is 6. The Labute approximate surface area is 276 Å². The predicted molar refractivity (Wildman–Crippen MR) is 198 cm³/mol. The first-order chi connectivity index (χ1) is 21.6. The van der Waals surface area contributed by atoms with Gasteiger partial charge in [0.1, 0.15) is 6.29 Å². The van der Waals surface area contributed by atoms with E-state index in [4.69, 9.17) is 5.73 Å². The molecule has 0 aromatic carbocycles. The predicted octanol–water partition coefficient (Wildman–Crippen LogP) is 12.1. The molecule has 0 fully saturated rings. The van der Waals surface area contributed by atoms with Crippen LogP contribution in [0.15, 0.2) is 36.5 Å². The molecular weight excluding hydrogens is 540 g/mol. The Morgan fingerprint density at radius 1 is 0.523 bits per heavy atom. The Balaban J connectivity index is -0.000000634. The van der Waals surface area contributed by atoms with Crippen molar-refractivity contribution in [1.29, 1.82) is 0 Å². The molecule has 0 saturated carbocycles.